The van der Waals surface area contributed by atoms with E-state index in [1.54, 1.807) is 0 Å². The maximum Gasteiger partial charge on any atom is 0.227 e. The van der Waals surface area contributed by atoms with Crippen LogP contribution in [0.25, 0.3) is 0 Å². The molecule has 0 bridgehead atoms. The molecule has 3 heteroatoms. The van der Waals surface area contributed by atoms with E-state index in [4.69, 9.17) is 4.74 Å². The highest BCUT2D eigenvalue weighted by Crippen LogP contribution is 2.32. The summed E-state index contributed by atoms with van der Waals surface area (Å²) in [5.41, 5.74) is 0. The molecule has 12 heavy (non-hydrogen) atoms. The normalized spacial score (nSPS) is 30.4. The van der Waals surface area contributed by atoms with E-state index in [1.165, 1.54) is 0 Å². The maximum atomic E-state index is 11.6. The Morgan fingerprint density at radius 3 is 2.83 bits per heavy atom. The van der Waals surface area contributed by atoms with Crippen molar-refractivity contribution in [2.75, 3.05) is 13.2 Å². The minimum atomic E-state index is 0.00634. The molecular weight excluding hydrogens is 154 g/mol. The molecule has 1 saturated carbocycles. The number of ether oxygens (including phenoxy) is 1. The minimum absolute atomic E-state index is 0.00634. The van der Waals surface area contributed by atoms with Gasteiger partial charge in [0, 0.05) is 12.5 Å². The average Bonchev–Trinajstić information content (AvgIpc) is 2.86. The topological polar surface area (TPSA) is 29.5 Å². The molecule has 0 aromatic rings. The van der Waals surface area contributed by atoms with Crippen molar-refractivity contribution in [3.05, 3.63) is 0 Å². The fourth-order valence-electron chi connectivity index (χ4n) is 1.61. The second-order valence-electron chi connectivity index (χ2n) is 3.63. The van der Waals surface area contributed by atoms with E-state index in [2.05, 4.69) is 0 Å². The van der Waals surface area contributed by atoms with E-state index < -0.39 is 0 Å². The molecule has 1 aliphatic carbocycles. The van der Waals surface area contributed by atoms with Crippen molar-refractivity contribution in [1.82, 2.24) is 4.90 Å². The lowest BCUT2D eigenvalue weighted by molar-refractivity contribution is -0.153. The van der Waals surface area contributed by atoms with Gasteiger partial charge in [-0.1, -0.05) is 0 Å². The van der Waals surface area contributed by atoms with Crippen LogP contribution >= 0.6 is 0 Å². The van der Waals surface area contributed by atoms with E-state index in [1.807, 2.05) is 11.8 Å². The Bertz CT molecular complexity index is 189. The van der Waals surface area contributed by atoms with Crippen LogP contribution in [0.15, 0.2) is 0 Å². The van der Waals surface area contributed by atoms with Crippen LogP contribution in [0.2, 0.25) is 0 Å². The van der Waals surface area contributed by atoms with Crippen LogP contribution in [-0.4, -0.2) is 30.2 Å². The highest BCUT2D eigenvalue weighted by molar-refractivity contribution is 5.81. The summed E-state index contributed by atoms with van der Waals surface area (Å²) in [5, 5.41) is 0. The second-order valence-corrected chi connectivity index (χ2v) is 3.63. The van der Waals surface area contributed by atoms with E-state index in [9.17, 15) is 4.79 Å². The Balaban J connectivity index is 1.95. The molecule has 1 heterocycles. The molecule has 3 nitrogen and oxygen atoms in total. The monoisotopic (exact) mass is 169 g/mol. The summed E-state index contributed by atoms with van der Waals surface area (Å²) in [7, 11) is 0. The smallest absolute Gasteiger partial charge is 0.227 e. The maximum absolute atomic E-state index is 11.6. The summed E-state index contributed by atoms with van der Waals surface area (Å²) in [6.45, 7) is 3.64. The van der Waals surface area contributed by atoms with Gasteiger partial charge in [-0.05, 0) is 26.2 Å². The average molecular weight is 169 g/mol. The van der Waals surface area contributed by atoms with Gasteiger partial charge >= 0.3 is 0 Å². The number of carbonyl (C=O) groups is 1. The summed E-state index contributed by atoms with van der Waals surface area (Å²) in [6.07, 6.45) is 3.17. The Kier molecular flexibility index (Phi) is 2.05. The molecule has 0 spiro atoms. The van der Waals surface area contributed by atoms with E-state index >= 15 is 0 Å². The molecule has 1 atom stereocenters. The zero-order valence-electron chi connectivity index (χ0n) is 7.45. The van der Waals surface area contributed by atoms with Gasteiger partial charge < -0.3 is 9.64 Å². The summed E-state index contributed by atoms with van der Waals surface area (Å²) in [4.78, 5) is 13.5. The first-order valence-corrected chi connectivity index (χ1v) is 4.71. The fraction of sp³-hybridized carbons (Fsp3) is 0.889. The van der Waals surface area contributed by atoms with Crippen LogP contribution < -0.4 is 0 Å². The second kappa shape index (κ2) is 3.05. The van der Waals surface area contributed by atoms with Gasteiger partial charge in [-0.2, -0.15) is 0 Å². The summed E-state index contributed by atoms with van der Waals surface area (Å²) in [5.74, 6) is 0.636. The van der Waals surface area contributed by atoms with Crippen molar-refractivity contribution >= 4 is 5.91 Å². The molecule has 2 rings (SSSR count). The lowest BCUT2D eigenvalue weighted by Gasteiger charge is -2.33. The van der Waals surface area contributed by atoms with Gasteiger partial charge in [0.2, 0.25) is 5.91 Å². The minimum Gasteiger partial charge on any atom is -0.359 e. The first-order chi connectivity index (χ1) is 5.79. The number of hydrogen-bond donors (Lipinski definition) is 0. The molecule has 1 saturated heterocycles. The van der Waals surface area contributed by atoms with Crippen molar-refractivity contribution < 1.29 is 9.53 Å². The standard InChI is InChI=1S/C9H15NO2/c1-7-10(5-2-6-12-7)9(11)8-3-4-8/h7-8H,2-6H2,1H3. The number of hydrogen-bond acceptors (Lipinski definition) is 2. The molecular formula is C9H15NO2. The largest absolute Gasteiger partial charge is 0.359 e. The zero-order chi connectivity index (χ0) is 8.55. The number of rotatable bonds is 1. The van der Waals surface area contributed by atoms with Gasteiger partial charge in [-0.25, -0.2) is 0 Å². The molecule has 68 valence electrons. The number of carbonyl (C=O) groups excluding carboxylic acids is 1. The van der Waals surface area contributed by atoms with Gasteiger partial charge in [-0.3, -0.25) is 4.79 Å². The van der Waals surface area contributed by atoms with E-state index in [-0.39, 0.29) is 6.23 Å². The van der Waals surface area contributed by atoms with Crippen LogP contribution in [0.1, 0.15) is 26.2 Å². The molecule has 2 fully saturated rings. The molecule has 1 unspecified atom stereocenters. The van der Waals surface area contributed by atoms with Gasteiger partial charge in [0.15, 0.2) is 0 Å². The van der Waals surface area contributed by atoms with Gasteiger partial charge in [0.1, 0.15) is 6.23 Å². The van der Waals surface area contributed by atoms with Crippen LogP contribution in [-0.2, 0) is 9.53 Å². The third-order valence-electron chi connectivity index (χ3n) is 2.55. The molecule has 2 aliphatic rings. The lowest BCUT2D eigenvalue weighted by Crippen LogP contribution is -2.45. The summed E-state index contributed by atoms with van der Waals surface area (Å²) in [6, 6.07) is 0. The molecule has 0 aromatic heterocycles. The predicted octanol–water partition coefficient (Wildman–Crippen LogP) is 0.991. The van der Waals surface area contributed by atoms with Crippen LogP contribution in [0.3, 0.4) is 0 Å². The first-order valence-electron chi connectivity index (χ1n) is 4.71. The highest BCUT2D eigenvalue weighted by Gasteiger charge is 2.36. The molecule has 1 amide bonds. The lowest BCUT2D eigenvalue weighted by atomic mass is 10.2. The predicted molar refractivity (Wildman–Crippen MR) is 44.5 cm³/mol. The number of amides is 1. The third-order valence-corrected chi connectivity index (χ3v) is 2.55. The van der Waals surface area contributed by atoms with Gasteiger partial charge in [0.05, 0.1) is 6.61 Å². The molecule has 0 aromatic carbocycles. The Morgan fingerprint density at radius 1 is 1.50 bits per heavy atom. The molecule has 0 radical (unpaired) electrons. The van der Waals surface area contributed by atoms with Crippen molar-refractivity contribution in [3.8, 4) is 0 Å². The van der Waals surface area contributed by atoms with Crippen molar-refractivity contribution in [2.24, 2.45) is 5.92 Å². The van der Waals surface area contributed by atoms with Crippen molar-refractivity contribution in [3.63, 3.8) is 0 Å². The third kappa shape index (κ3) is 1.46. The van der Waals surface area contributed by atoms with Gasteiger partial charge in [-0.15, -0.1) is 0 Å². The number of nitrogens with zero attached hydrogens (tertiary/aromatic N) is 1. The first kappa shape index (κ1) is 8.05. The SMILES string of the molecule is CC1OCCCN1C(=O)C1CC1. The quantitative estimate of drug-likeness (QED) is 0.586. The van der Waals surface area contributed by atoms with Crippen molar-refractivity contribution in [1.29, 1.82) is 0 Å². The molecule has 1 aliphatic heterocycles. The van der Waals surface area contributed by atoms with Crippen LogP contribution in [0.4, 0.5) is 0 Å². The fourth-order valence-corrected chi connectivity index (χ4v) is 1.61. The summed E-state index contributed by atoms with van der Waals surface area (Å²) >= 11 is 0. The Labute approximate surface area is 72.7 Å². The van der Waals surface area contributed by atoms with Gasteiger partial charge in [0.25, 0.3) is 0 Å². The van der Waals surface area contributed by atoms with Crippen LogP contribution in [0.5, 0.6) is 0 Å². The summed E-state index contributed by atoms with van der Waals surface area (Å²) < 4.78 is 5.39. The highest BCUT2D eigenvalue weighted by atomic mass is 16.5. The zero-order valence-corrected chi connectivity index (χ0v) is 7.45. The van der Waals surface area contributed by atoms with E-state index in [0.29, 0.717) is 11.8 Å². The molecule has 0 N–H and O–H groups in total. The Hall–Kier alpha value is -0.570. The van der Waals surface area contributed by atoms with Crippen LogP contribution in [0, 0.1) is 5.92 Å². The van der Waals surface area contributed by atoms with E-state index in [0.717, 1.165) is 32.4 Å². The van der Waals surface area contributed by atoms with Crippen molar-refractivity contribution in [2.45, 2.75) is 32.4 Å². The Morgan fingerprint density at radius 2 is 2.25 bits per heavy atom.